The molecule has 6 rings (SSSR count). The van der Waals surface area contributed by atoms with Gasteiger partial charge in [0.05, 0.1) is 37.1 Å². The molecule has 0 bridgehead atoms. The van der Waals surface area contributed by atoms with Gasteiger partial charge in [-0.3, -0.25) is 19.9 Å². The maximum atomic E-state index is 13.7. The molecule has 0 aliphatic carbocycles. The summed E-state index contributed by atoms with van der Waals surface area (Å²) in [6, 6.07) is 25.2. The SMILES string of the molecule is O=C(CN1CCOCC1)N1NC(c2c(-c3ccccc3)c3cc(Br)ccc3[nH]c2=O)=CC1c1ccccc1. The number of halogens is 1. The van der Waals surface area contributed by atoms with Crippen molar-refractivity contribution in [2.24, 2.45) is 0 Å². The highest BCUT2D eigenvalue weighted by Gasteiger charge is 2.34. The molecule has 3 heterocycles. The van der Waals surface area contributed by atoms with E-state index in [0.29, 0.717) is 37.6 Å². The number of fused-ring (bicyclic) bond motifs is 1. The van der Waals surface area contributed by atoms with Crippen molar-refractivity contribution in [3.05, 3.63) is 111 Å². The zero-order valence-corrected chi connectivity index (χ0v) is 22.3. The maximum Gasteiger partial charge on any atom is 0.258 e. The third-order valence-corrected chi connectivity index (χ3v) is 7.52. The molecule has 4 aromatic rings. The zero-order valence-electron chi connectivity index (χ0n) is 20.7. The van der Waals surface area contributed by atoms with Crippen LogP contribution in [0.2, 0.25) is 0 Å². The molecule has 1 unspecified atom stereocenters. The first-order valence-electron chi connectivity index (χ1n) is 12.7. The van der Waals surface area contributed by atoms with Crippen LogP contribution in [-0.2, 0) is 9.53 Å². The van der Waals surface area contributed by atoms with Crippen molar-refractivity contribution < 1.29 is 9.53 Å². The minimum Gasteiger partial charge on any atom is -0.379 e. The molecule has 3 aromatic carbocycles. The van der Waals surface area contributed by atoms with Gasteiger partial charge in [0.2, 0.25) is 0 Å². The highest BCUT2D eigenvalue weighted by Crippen LogP contribution is 2.37. The maximum absolute atomic E-state index is 13.7. The fraction of sp³-hybridized carbons (Fsp3) is 0.200. The number of aromatic amines is 1. The Morgan fingerprint density at radius 2 is 1.66 bits per heavy atom. The Bertz CT molecular complexity index is 1560. The van der Waals surface area contributed by atoms with Gasteiger partial charge in [0, 0.05) is 34.0 Å². The van der Waals surface area contributed by atoms with Crippen LogP contribution in [0.1, 0.15) is 17.2 Å². The van der Waals surface area contributed by atoms with Gasteiger partial charge in [-0.2, -0.15) is 0 Å². The first kappa shape index (κ1) is 24.6. The normalized spacial score (nSPS) is 17.9. The van der Waals surface area contributed by atoms with E-state index in [-0.39, 0.29) is 24.1 Å². The molecule has 0 radical (unpaired) electrons. The number of carbonyl (C=O) groups is 1. The van der Waals surface area contributed by atoms with Gasteiger partial charge in [-0.25, -0.2) is 5.01 Å². The number of nitrogens with one attached hydrogen (secondary N) is 2. The lowest BCUT2D eigenvalue weighted by molar-refractivity contribution is -0.136. The monoisotopic (exact) mass is 570 g/mol. The Labute approximate surface area is 228 Å². The van der Waals surface area contributed by atoms with Gasteiger partial charge in [-0.15, -0.1) is 0 Å². The number of pyridine rings is 1. The number of rotatable bonds is 5. The molecule has 1 fully saturated rings. The van der Waals surface area contributed by atoms with Gasteiger partial charge < -0.3 is 9.72 Å². The smallest absolute Gasteiger partial charge is 0.258 e. The van der Waals surface area contributed by atoms with Crippen LogP contribution in [0.15, 0.2) is 94.2 Å². The summed E-state index contributed by atoms with van der Waals surface area (Å²) in [6.07, 6.45) is 1.98. The second-order valence-electron chi connectivity index (χ2n) is 9.46. The highest BCUT2D eigenvalue weighted by molar-refractivity contribution is 9.10. The van der Waals surface area contributed by atoms with Crippen molar-refractivity contribution in [2.75, 3.05) is 32.8 Å². The number of carbonyl (C=O) groups excluding carboxylic acids is 1. The minimum absolute atomic E-state index is 0.0618. The number of benzene rings is 3. The van der Waals surface area contributed by atoms with Crippen molar-refractivity contribution in [3.63, 3.8) is 0 Å². The topological polar surface area (TPSA) is 77.7 Å². The van der Waals surface area contributed by atoms with Crippen LogP contribution < -0.4 is 11.0 Å². The molecule has 2 aliphatic heterocycles. The summed E-state index contributed by atoms with van der Waals surface area (Å²) in [5, 5.41) is 2.57. The van der Waals surface area contributed by atoms with Gasteiger partial charge in [0.1, 0.15) is 0 Å². The van der Waals surface area contributed by atoms with Gasteiger partial charge in [0.15, 0.2) is 0 Å². The van der Waals surface area contributed by atoms with Crippen LogP contribution in [0, 0.1) is 0 Å². The Kier molecular flexibility index (Phi) is 6.84. The average Bonchev–Trinajstić information content (AvgIpc) is 3.39. The zero-order chi connectivity index (χ0) is 26.1. The molecule has 1 aromatic heterocycles. The number of amides is 1. The summed E-state index contributed by atoms with van der Waals surface area (Å²) in [7, 11) is 0. The number of aromatic nitrogens is 1. The number of H-pyrrole nitrogens is 1. The molecule has 2 aliphatic rings. The Morgan fingerprint density at radius 1 is 0.947 bits per heavy atom. The van der Waals surface area contributed by atoms with Gasteiger partial charge >= 0.3 is 0 Å². The van der Waals surface area contributed by atoms with E-state index in [9.17, 15) is 9.59 Å². The highest BCUT2D eigenvalue weighted by atomic mass is 79.9. The lowest BCUT2D eigenvalue weighted by atomic mass is 9.94. The molecule has 7 nitrogen and oxygen atoms in total. The second-order valence-corrected chi connectivity index (χ2v) is 10.4. The molecule has 1 amide bonds. The third-order valence-electron chi connectivity index (χ3n) is 7.02. The first-order valence-corrected chi connectivity index (χ1v) is 13.4. The van der Waals surface area contributed by atoms with Crippen molar-refractivity contribution in [3.8, 4) is 11.1 Å². The molecular formula is C30H27BrN4O3. The van der Waals surface area contributed by atoms with E-state index < -0.39 is 0 Å². The molecule has 38 heavy (non-hydrogen) atoms. The quantitative estimate of drug-likeness (QED) is 0.363. The van der Waals surface area contributed by atoms with Gasteiger partial charge in [0.25, 0.3) is 11.5 Å². The lowest BCUT2D eigenvalue weighted by Gasteiger charge is -2.31. The van der Waals surface area contributed by atoms with Gasteiger partial charge in [-0.05, 0) is 35.4 Å². The van der Waals surface area contributed by atoms with Crippen LogP contribution in [-0.4, -0.2) is 53.6 Å². The Morgan fingerprint density at radius 3 is 2.39 bits per heavy atom. The number of nitrogens with zero attached hydrogens (tertiary/aromatic N) is 2. The summed E-state index contributed by atoms with van der Waals surface area (Å²) in [5.74, 6) is -0.0618. The summed E-state index contributed by atoms with van der Waals surface area (Å²) >= 11 is 3.59. The fourth-order valence-corrected chi connectivity index (χ4v) is 5.54. The number of ether oxygens (including phenoxy) is 1. The van der Waals surface area contributed by atoms with Crippen LogP contribution in [0.25, 0.3) is 27.7 Å². The summed E-state index contributed by atoms with van der Waals surface area (Å²) in [6.45, 7) is 2.94. The van der Waals surface area contributed by atoms with E-state index in [1.54, 1.807) is 5.01 Å². The summed E-state index contributed by atoms with van der Waals surface area (Å²) < 4.78 is 6.36. The van der Waals surface area contributed by atoms with E-state index >= 15 is 0 Å². The number of hydrogen-bond donors (Lipinski definition) is 2. The molecule has 0 saturated carbocycles. The summed E-state index contributed by atoms with van der Waals surface area (Å²) in [4.78, 5) is 32.4. The van der Waals surface area contributed by atoms with E-state index in [4.69, 9.17) is 4.74 Å². The Balaban J connectivity index is 1.48. The first-order chi connectivity index (χ1) is 18.6. The molecule has 192 valence electrons. The van der Waals surface area contributed by atoms with E-state index in [1.807, 2.05) is 84.9 Å². The molecule has 1 atom stereocenters. The van der Waals surface area contributed by atoms with Crippen molar-refractivity contribution >= 4 is 38.4 Å². The van der Waals surface area contributed by atoms with E-state index in [0.717, 1.165) is 32.1 Å². The Hall–Kier alpha value is -3.72. The van der Waals surface area contributed by atoms with Crippen LogP contribution in [0.4, 0.5) is 0 Å². The lowest BCUT2D eigenvalue weighted by Crippen LogP contribution is -2.48. The predicted octanol–water partition coefficient (Wildman–Crippen LogP) is 4.72. The van der Waals surface area contributed by atoms with Crippen molar-refractivity contribution in [1.82, 2.24) is 20.3 Å². The van der Waals surface area contributed by atoms with E-state index in [1.165, 1.54) is 0 Å². The number of hydrogen-bond acceptors (Lipinski definition) is 5. The number of hydrazine groups is 1. The molecular weight excluding hydrogens is 544 g/mol. The molecule has 8 heteroatoms. The van der Waals surface area contributed by atoms with Crippen molar-refractivity contribution in [1.29, 1.82) is 0 Å². The summed E-state index contributed by atoms with van der Waals surface area (Å²) in [5.41, 5.74) is 7.68. The van der Waals surface area contributed by atoms with Crippen molar-refractivity contribution in [2.45, 2.75) is 6.04 Å². The second kappa shape index (κ2) is 10.6. The fourth-order valence-electron chi connectivity index (χ4n) is 5.17. The average molecular weight is 571 g/mol. The molecule has 1 saturated heterocycles. The third kappa shape index (κ3) is 4.78. The van der Waals surface area contributed by atoms with Crippen LogP contribution in [0.3, 0.4) is 0 Å². The van der Waals surface area contributed by atoms with E-state index in [2.05, 4.69) is 31.2 Å². The molecule has 2 N–H and O–H groups in total. The van der Waals surface area contributed by atoms with Crippen LogP contribution >= 0.6 is 15.9 Å². The molecule has 0 spiro atoms. The van der Waals surface area contributed by atoms with Crippen LogP contribution in [0.5, 0.6) is 0 Å². The number of morpholine rings is 1. The van der Waals surface area contributed by atoms with Gasteiger partial charge in [-0.1, -0.05) is 76.6 Å². The predicted molar refractivity (Wildman–Crippen MR) is 152 cm³/mol. The minimum atomic E-state index is -0.360. The standard InChI is InChI=1S/C30H27BrN4O3/c31-22-11-12-24-23(17-22)28(21-9-5-2-6-10-21)29(30(37)32-24)25-18-26(20-7-3-1-4-8-20)35(33-25)27(36)19-34-13-15-38-16-14-34/h1-12,17-18,26,33H,13-16,19H2,(H,32,37). The largest absolute Gasteiger partial charge is 0.379 e.